The molecule has 6 heteroatoms. The number of morpholine rings is 1. The van der Waals surface area contributed by atoms with Crippen molar-refractivity contribution in [3.05, 3.63) is 35.4 Å². The number of methoxy groups -OCH3 is 1. The molecule has 0 aliphatic carbocycles. The first-order valence-electron chi connectivity index (χ1n) is 8.56. The molecular weight excluding hydrogens is 304 g/mol. The van der Waals surface area contributed by atoms with Crippen LogP contribution in [0.3, 0.4) is 0 Å². The Morgan fingerprint density at radius 2 is 1.96 bits per heavy atom. The van der Waals surface area contributed by atoms with Crippen LogP contribution >= 0.6 is 0 Å². The number of benzene rings is 1. The van der Waals surface area contributed by atoms with Crippen molar-refractivity contribution in [2.75, 3.05) is 60.2 Å². The highest BCUT2D eigenvalue weighted by atomic mass is 16.5. The van der Waals surface area contributed by atoms with E-state index in [0.717, 1.165) is 45.4 Å². The number of nitrogens with zero attached hydrogens (tertiary/aromatic N) is 2. The normalized spacial score (nSPS) is 17.5. The minimum atomic E-state index is 0.301. The Labute approximate surface area is 145 Å². The van der Waals surface area contributed by atoms with Crippen LogP contribution in [0.15, 0.2) is 29.3 Å². The summed E-state index contributed by atoms with van der Waals surface area (Å²) in [5.74, 6) is 0.803. The maximum Gasteiger partial charge on any atom is 0.191 e. The van der Waals surface area contributed by atoms with E-state index in [9.17, 15) is 0 Å². The summed E-state index contributed by atoms with van der Waals surface area (Å²) in [4.78, 5) is 6.76. The van der Waals surface area contributed by atoms with Gasteiger partial charge in [-0.25, -0.2) is 0 Å². The van der Waals surface area contributed by atoms with Crippen molar-refractivity contribution in [3.63, 3.8) is 0 Å². The van der Waals surface area contributed by atoms with Gasteiger partial charge in [0.2, 0.25) is 0 Å². The van der Waals surface area contributed by atoms with Gasteiger partial charge in [0.15, 0.2) is 5.96 Å². The van der Waals surface area contributed by atoms with Crippen molar-refractivity contribution in [1.82, 2.24) is 15.5 Å². The lowest BCUT2D eigenvalue weighted by Gasteiger charge is -2.35. The van der Waals surface area contributed by atoms with Crippen molar-refractivity contribution < 1.29 is 9.47 Å². The second-order valence-electron chi connectivity index (χ2n) is 5.95. The van der Waals surface area contributed by atoms with Crippen LogP contribution in [-0.4, -0.2) is 71.0 Å². The predicted molar refractivity (Wildman–Crippen MR) is 97.6 cm³/mol. The van der Waals surface area contributed by atoms with Crippen molar-refractivity contribution in [1.29, 1.82) is 0 Å². The molecule has 0 aromatic heterocycles. The lowest BCUT2D eigenvalue weighted by molar-refractivity contribution is 0.0170. The molecule has 1 heterocycles. The summed E-state index contributed by atoms with van der Waals surface area (Å²) in [5, 5.41) is 6.70. The molecule has 0 spiro atoms. The maximum atomic E-state index is 5.51. The summed E-state index contributed by atoms with van der Waals surface area (Å²) >= 11 is 0. The molecule has 1 aliphatic heterocycles. The molecule has 1 aromatic rings. The van der Waals surface area contributed by atoms with Gasteiger partial charge in [-0.1, -0.05) is 29.8 Å². The van der Waals surface area contributed by atoms with E-state index in [1.165, 1.54) is 11.1 Å². The van der Waals surface area contributed by atoms with Gasteiger partial charge in [0.25, 0.3) is 0 Å². The van der Waals surface area contributed by atoms with Crippen molar-refractivity contribution in [2.45, 2.75) is 13.0 Å². The number of rotatable bonds is 7. The number of hydrogen-bond donors (Lipinski definition) is 2. The van der Waals surface area contributed by atoms with E-state index in [0.29, 0.717) is 12.6 Å². The highest BCUT2D eigenvalue weighted by Gasteiger charge is 2.22. The Morgan fingerprint density at radius 3 is 2.58 bits per heavy atom. The Hall–Kier alpha value is -1.63. The first-order valence-corrected chi connectivity index (χ1v) is 8.56. The highest BCUT2D eigenvalue weighted by Crippen LogP contribution is 2.21. The van der Waals surface area contributed by atoms with Gasteiger partial charge in [-0.3, -0.25) is 9.89 Å². The first kappa shape index (κ1) is 18.7. The van der Waals surface area contributed by atoms with E-state index in [4.69, 9.17) is 9.47 Å². The number of hydrogen-bond acceptors (Lipinski definition) is 4. The molecule has 2 rings (SSSR count). The minimum absolute atomic E-state index is 0.301. The molecule has 24 heavy (non-hydrogen) atoms. The summed E-state index contributed by atoms with van der Waals surface area (Å²) < 4.78 is 10.6. The largest absolute Gasteiger partial charge is 0.383 e. The SMILES string of the molecule is CN=C(NCCOC)NCC(c1ccc(C)cc1)N1CCOCC1. The molecule has 1 aromatic carbocycles. The van der Waals surface area contributed by atoms with Gasteiger partial charge in [0.1, 0.15) is 0 Å². The molecule has 1 unspecified atom stereocenters. The van der Waals surface area contributed by atoms with Crippen molar-refractivity contribution in [2.24, 2.45) is 4.99 Å². The molecule has 0 radical (unpaired) electrons. The van der Waals surface area contributed by atoms with Gasteiger partial charge >= 0.3 is 0 Å². The summed E-state index contributed by atoms with van der Waals surface area (Å²) in [6.45, 7) is 7.82. The first-order chi connectivity index (χ1) is 11.7. The second kappa shape index (κ2) is 10.3. The van der Waals surface area contributed by atoms with E-state index in [-0.39, 0.29) is 0 Å². The topological polar surface area (TPSA) is 58.1 Å². The van der Waals surface area contributed by atoms with Crippen LogP contribution in [0.1, 0.15) is 17.2 Å². The maximum absolute atomic E-state index is 5.51. The van der Waals surface area contributed by atoms with E-state index in [2.05, 4.69) is 51.7 Å². The number of aliphatic imine (C=N–C) groups is 1. The number of ether oxygens (including phenoxy) is 2. The molecule has 1 aliphatic rings. The van der Waals surface area contributed by atoms with Crippen LogP contribution in [0.2, 0.25) is 0 Å². The Balaban J connectivity index is 2.01. The van der Waals surface area contributed by atoms with Crippen LogP contribution in [0.4, 0.5) is 0 Å². The van der Waals surface area contributed by atoms with E-state index in [1.807, 2.05) is 0 Å². The van der Waals surface area contributed by atoms with Crippen molar-refractivity contribution in [3.8, 4) is 0 Å². The zero-order valence-corrected chi connectivity index (χ0v) is 15.0. The van der Waals surface area contributed by atoms with Crippen molar-refractivity contribution >= 4 is 5.96 Å². The molecule has 134 valence electrons. The molecule has 1 atom stereocenters. The molecular formula is C18H30N4O2. The quantitative estimate of drug-likeness (QED) is 0.445. The molecule has 1 saturated heterocycles. The summed E-state index contributed by atoms with van der Waals surface area (Å²) in [7, 11) is 3.49. The Morgan fingerprint density at radius 1 is 1.25 bits per heavy atom. The summed E-state index contributed by atoms with van der Waals surface area (Å²) in [6.07, 6.45) is 0. The molecule has 1 fully saturated rings. The third-order valence-corrected chi connectivity index (χ3v) is 4.23. The van der Waals surface area contributed by atoms with Gasteiger partial charge < -0.3 is 20.1 Å². The van der Waals surface area contributed by atoms with E-state index in [1.54, 1.807) is 14.2 Å². The monoisotopic (exact) mass is 334 g/mol. The van der Waals surface area contributed by atoms with Crippen LogP contribution in [-0.2, 0) is 9.47 Å². The molecule has 0 amide bonds. The van der Waals surface area contributed by atoms with Gasteiger partial charge in [-0.15, -0.1) is 0 Å². The molecule has 0 saturated carbocycles. The Bertz CT molecular complexity index is 498. The fraction of sp³-hybridized carbons (Fsp3) is 0.611. The molecule has 2 N–H and O–H groups in total. The number of aryl methyl sites for hydroxylation is 1. The third-order valence-electron chi connectivity index (χ3n) is 4.23. The average Bonchev–Trinajstić information content (AvgIpc) is 2.63. The standard InChI is InChI=1S/C18H30N4O2/c1-15-4-6-16(7-5-15)17(22-9-12-24-13-10-22)14-21-18(19-2)20-8-11-23-3/h4-7,17H,8-14H2,1-3H3,(H2,19,20,21). The fourth-order valence-corrected chi connectivity index (χ4v) is 2.82. The second-order valence-corrected chi connectivity index (χ2v) is 5.95. The fourth-order valence-electron chi connectivity index (χ4n) is 2.82. The zero-order valence-electron chi connectivity index (χ0n) is 15.0. The van der Waals surface area contributed by atoms with E-state index < -0.39 is 0 Å². The van der Waals surface area contributed by atoms with Crippen LogP contribution in [0.25, 0.3) is 0 Å². The lowest BCUT2D eigenvalue weighted by atomic mass is 10.0. The van der Waals surface area contributed by atoms with Gasteiger partial charge in [0.05, 0.1) is 25.9 Å². The number of guanidine groups is 1. The van der Waals surface area contributed by atoms with Crippen LogP contribution in [0.5, 0.6) is 0 Å². The minimum Gasteiger partial charge on any atom is -0.383 e. The lowest BCUT2D eigenvalue weighted by Crippen LogP contribution is -2.46. The third kappa shape index (κ3) is 5.78. The number of nitrogens with one attached hydrogen (secondary N) is 2. The smallest absolute Gasteiger partial charge is 0.191 e. The highest BCUT2D eigenvalue weighted by molar-refractivity contribution is 5.79. The molecule has 0 bridgehead atoms. The van der Waals surface area contributed by atoms with Gasteiger partial charge in [0, 0.05) is 40.3 Å². The van der Waals surface area contributed by atoms with E-state index >= 15 is 0 Å². The summed E-state index contributed by atoms with van der Waals surface area (Å²) in [6, 6.07) is 9.09. The van der Waals surface area contributed by atoms with Crippen LogP contribution < -0.4 is 10.6 Å². The van der Waals surface area contributed by atoms with Gasteiger partial charge in [-0.2, -0.15) is 0 Å². The Kier molecular flexibility index (Phi) is 8.01. The average molecular weight is 334 g/mol. The molecule has 6 nitrogen and oxygen atoms in total. The van der Waals surface area contributed by atoms with Crippen LogP contribution in [0, 0.1) is 6.92 Å². The van der Waals surface area contributed by atoms with Gasteiger partial charge in [-0.05, 0) is 12.5 Å². The summed E-state index contributed by atoms with van der Waals surface area (Å²) in [5.41, 5.74) is 2.60. The predicted octanol–water partition coefficient (Wildman–Crippen LogP) is 1.18. The zero-order chi connectivity index (χ0) is 17.2.